The van der Waals surface area contributed by atoms with Crippen LogP contribution in [0.4, 0.5) is 5.82 Å². The number of rotatable bonds is 5. The van der Waals surface area contributed by atoms with Gasteiger partial charge in [-0.25, -0.2) is 9.97 Å². The van der Waals surface area contributed by atoms with Gasteiger partial charge < -0.3 is 15.0 Å². The lowest BCUT2D eigenvalue weighted by molar-refractivity contribution is 0.302. The summed E-state index contributed by atoms with van der Waals surface area (Å²) in [5.41, 5.74) is 4.58. The molecule has 0 amide bonds. The molecule has 4 rings (SSSR count). The number of ether oxygens (including phenoxy) is 1. The van der Waals surface area contributed by atoms with Crippen molar-refractivity contribution in [3.63, 3.8) is 0 Å². The second kappa shape index (κ2) is 8.44. The number of piperazine rings is 1. The van der Waals surface area contributed by atoms with Gasteiger partial charge >= 0.3 is 0 Å². The maximum Gasteiger partial charge on any atom is 0.157 e. The predicted octanol–water partition coefficient (Wildman–Crippen LogP) is 4.50. The summed E-state index contributed by atoms with van der Waals surface area (Å²) in [6.07, 6.45) is 1.82. The molecule has 140 valence electrons. The minimum atomic E-state index is 0.338. The van der Waals surface area contributed by atoms with Crippen LogP contribution in [-0.2, 0) is 6.61 Å². The van der Waals surface area contributed by atoms with Gasteiger partial charge in [0, 0.05) is 37.8 Å². The number of hydrogen-bond acceptors (Lipinski definition) is 6. The van der Waals surface area contributed by atoms with Gasteiger partial charge in [-0.15, -0.1) is 11.3 Å². The Kier molecular flexibility index (Phi) is 5.78. The Balaban J connectivity index is 1.57. The second-order valence-electron chi connectivity index (χ2n) is 6.18. The topological polar surface area (TPSA) is 50.3 Å². The van der Waals surface area contributed by atoms with Gasteiger partial charge in [0.15, 0.2) is 5.75 Å². The van der Waals surface area contributed by atoms with Crippen molar-refractivity contribution in [2.24, 2.45) is 0 Å². The molecular weight excluding hydrogens is 403 g/mol. The van der Waals surface area contributed by atoms with E-state index in [2.05, 4.69) is 26.3 Å². The molecule has 1 aromatic carbocycles. The van der Waals surface area contributed by atoms with Crippen molar-refractivity contribution in [3.8, 4) is 16.9 Å². The van der Waals surface area contributed by atoms with E-state index in [9.17, 15) is 0 Å². The zero-order valence-corrected chi connectivity index (χ0v) is 16.8. The molecule has 1 aliphatic rings. The summed E-state index contributed by atoms with van der Waals surface area (Å²) >= 11 is 14.4. The van der Waals surface area contributed by atoms with E-state index in [1.54, 1.807) is 5.51 Å². The summed E-state index contributed by atoms with van der Waals surface area (Å²) in [5.74, 6) is 1.44. The fourth-order valence-electron chi connectivity index (χ4n) is 2.98. The van der Waals surface area contributed by atoms with Crippen LogP contribution in [0.2, 0.25) is 10.0 Å². The molecule has 1 N–H and O–H groups in total. The van der Waals surface area contributed by atoms with Crippen LogP contribution >= 0.6 is 34.5 Å². The van der Waals surface area contributed by atoms with E-state index in [1.807, 2.05) is 29.8 Å². The normalized spacial score (nSPS) is 14.4. The third-order valence-corrected chi connectivity index (χ3v) is 5.56. The van der Waals surface area contributed by atoms with E-state index < -0.39 is 0 Å². The quantitative estimate of drug-likeness (QED) is 0.658. The molecule has 27 heavy (non-hydrogen) atoms. The van der Waals surface area contributed by atoms with Crippen LogP contribution in [0, 0.1) is 0 Å². The summed E-state index contributed by atoms with van der Waals surface area (Å²) in [6, 6.07) is 7.79. The Hall–Kier alpha value is -1.86. The number of thiazole rings is 1. The number of pyridine rings is 1. The molecule has 1 saturated heterocycles. The Morgan fingerprint density at radius 1 is 1.07 bits per heavy atom. The van der Waals surface area contributed by atoms with Gasteiger partial charge in [-0.3, -0.25) is 0 Å². The molecule has 1 aliphatic heterocycles. The van der Waals surface area contributed by atoms with Crippen molar-refractivity contribution in [1.82, 2.24) is 15.3 Å². The van der Waals surface area contributed by atoms with Crippen LogP contribution in [0.5, 0.6) is 5.75 Å². The van der Waals surface area contributed by atoms with Gasteiger partial charge in [0.25, 0.3) is 0 Å². The second-order valence-corrected chi connectivity index (χ2v) is 7.71. The highest BCUT2D eigenvalue weighted by Gasteiger charge is 2.15. The summed E-state index contributed by atoms with van der Waals surface area (Å²) in [6.45, 7) is 4.16. The maximum absolute atomic E-state index is 6.45. The molecule has 0 saturated carbocycles. The molecule has 2 aromatic heterocycles. The number of benzene rings is 1. The van der Waals surface area contributed by atoms with E-state index in [0.29, 0.717) is 22.4 Å². The van der Waals surface area contributed by atoms with Crippen LogP contribution in [0.3, 0.4) is 0 Å². The van der Waals surface area contributed by atoms with Gasteiger partial charge in [-0.2, -0.15) is 0 Å². The van der Waals surface area contributed by atoms with Crippen LogP contribution in [0.15, 0.2) is 41.4 Å². The average Bonchev–Trinajstić information content (AvgIpc) is 3.22. The third-order valence-electron chi connectivity index (χ3n) is 4.37. The molecule has 5 nitrogen and oxygen atoms in total. The van der Waals surface area contributed by atoms with Gasteiger partial charge in [0.05, 0.1) is 21.2 Å². The van der Waals surface area contributed by atoms with E-state index >= 15 is 0 Å². The molecule has 3 aromatic rings. The number of anilines is 1. The van der Waals surface area contributed by atoms with E-state index in [1.165, 1.54) is 11.3 Å². The van der Waals surface area contributed by atoms with Crippen LogP contribution < -0.4 is 15.0 Å². The standard InChI is InChI=1S/C19H18Cl2N4OS/c20-16-7-14(8-17(21)19(16)26-10-15-11-27-12-24-15)13-1-2-23-18(9-13)25-5-3-22-4-6-25/h1-2,7-9,11-12,22H,3-6,10H2. The summed E-state index contributed by atoms with van der Waals surface area (Å²) in [7, 11) is 0. The first kappa shape index (κ1) is 18.5. The molecule has 3 heterocycles. The van der Waals surface area contributed by atoms with Crippen LogP contribution in [0.1, 0.15) is 5.69 Å². The van der Waals surface area contributed by atoms with Crippen LogP contribution in [0.25, 0.3) is 11.1 Å². The van der Waals surface area contributed by atoms with Gasteiger partial charge in [0.1, 0.15) is 12.4 Å². The Bertz CT molecular complexity index is 891. The van der Waals surface area contributed by atoms with E-state index in [0.717, 1.165) is 48.8 Å². The lowest BCUT2D eigenvalue weighted by atomic mass is 10.1. The Labute approximate surface area is 171 Å². The van der Waals surface area contributed by atoms with E-state index in [4.69, 9.17) is 27.9 Å². The Morgan fingerprint density at radius 3 is 2.56 bits per heavy atom. The molecule has 0 bridgehead atoms. The largest absolute Gasteiger partial charge is 0.484 e. The average molecular weight is 421 g/mol. The molecule has 0 spiro atoms. The third kappa shape index (κ3) is 4.35. The van der Waals surface area contributed by atoms with Crippen molar-refractivity contribution in [2.75, 3.05) is 31.1 Å². The van der Waals surface area contributed by atoms with Crippen molar-refractivity contribution in [3.05, 3.63) is 57.1 Å². The lowest BCUT2D eigenvalue weighted by Gasteiger charge is -2.28. The maximum atomic E-state index is 6.45. The monoisotopic (exact) mass is 420 g/mol. The van der Waals surface area contributed by atoms with Crippen molar-refractivity contribution in [2.45, 2.75) is 6.61 Å². The number of nitrogens with zero attached hydrogens (tertiary/aromatic N) is 3. The molecule has 0 radical (unpaired) electrons. The van der Waals surface area contributed by atoms with Gasteiger partial charge in [-0.1, -0.05) is 23.2 Å². The van der Waals surface area contributed by atoms with Gasteiger partial charge in [-0.05, 0) is 35.4 Å². The molecule has 0 atom stereocenters. The minimum Gasteiger partial charge on any atom is -0.484 e. The predicted molar refractivity (Wildman–Crippen MR) is 111 cm³/mol. The fourth-order valence-corrected chi connectivity index (χ4v) is 4.12. The van der Waals surface area contributed by atoms with Crippen molar-refractivity contribution < 1.29 is 4.74 Å². The van der Waals surface area contributed by atoms with Gasteiger partial charge in [0.2, 0.25) is 0 Å². The highest BCUT2D eigenvalue weighted by molar-refractivity contribution is 7.07. The van der Waals surface area contributed by atoms with Crippen molar-refractivity contribution in [1.29, 1.82) is 0 Å². The fraction of sp³-hybridized carbons (Fsp3) is 0.263. The number of hydrogen-bond donors (Lipinski definition) is 1. The SMILES string of the molecule is Clc1cc(-c2ccnc(N3CCNCC3)c2)cc(Cl)c1OCc1cscn1. The molecule has 0 aliphatic carbocycles. The highest BCUT2D eigenvalue weighted by Crippen LogP contribution is 2.38. The number of halogens is 2. The zero-order valence-electron chi connectivity index (χ0n) is 14.5. The van der Waals surface area contributed by atoms with E-state index in [-0.39, 0.29) is 0 Å². The first-order chi connectivity index (χ1) is 13.2. The lowest BCUT2D eigenvalue weighted by Crippen LogP contribution is -2.43. The first-order valence-corrected chi connectivity index (χ1v) is 10.3. The minimum absolute atomic E-state index is 0.338. The summed E-state index contributed by atoms with van der Waals surface area (Å²) < 4.78 is 5.77. The molecular formula is C19H18Cl2N4OS. The highest BCUT2D eigenvalue weighted by atomic mass is 35.5. The molecule has 1 fully saturated rings. The molecule has 0 unspecified atom stereocenters. The smallest absolute Gasteiger partial charge is 0.157 e. The molecule has 8 heteroatoms. The number of aromatic nitrogens is 2. The number of nitrogens with one attached hydrogen (secondary N) is 1. The zero-order chi connectivity index (χ0) is 18.6. The van der Waals surface area contributed by atoms with Crippen LogP contribution in [-0.4, -0.2) is 36.1 Å². The summed E-state index contributed by atoms with van der Waals surface area (Å²) in [5, 5.41) is 6.25. The first-order valence-electron chi connectivity index (χ1n) is 8.62. The summed E-state index contributed by atoms with van der Waals surface area (Å²) in [4.78, 5) is 11.0. The Morgan fingerprint density at radius 2 is 1.85 bits per heavy atom. The van der Waals surface area contributed by atoms with Crippen molar-refractivity contribution >= 4 is 40.4 Å².